The maximum Gasteiger partial charge on any atom is 0.107 e. The Morgan fingerprint density at radius 2 is 2.38 bits per heavy atom. The molecular formula is C10H16N2S. The average molecular weight is 196 g/mol. The molecule has 0 amide bonds. The molecule has 2 heterocycles. The van der Waals surface area contributed by atoms with Crippen molar-refractivity contribution >= 4 is 11.3 Å². The highest BCUT2D eigenvalue weighted by molar-refractivity contribution is 7.09. The fourth-order valence-corrected chi connectivity index (χ4v) is 2.34. The van der Waals surface area contributed by atoms with Crippen LogP contribution in [-0.2, 0) is 6.54 Å². The third-order valence-electron chi connectivity index (χ3n) is 2.77. The fraction of sp³-hybridized carbons (Fsp3) is 0.700. The Morgan fingerprint density at radius 3 is 2.92 bits per heavy atom. The van der Waals surface area contributed by atoms with Gasteiger partial charge in [0.1, 0.15) is 5.01 Å². The van der Waals surface area contributed by atoms with Crippen molar-refractivity contribution in [3.63, 3.8) is 0 Å². The van der Waals surface area contributed by atoms with Gasteiger partial charge in [-0.2, -0.15) is 0 Å². The Morgan fingerprint density at radius 1 is 1.62 bits per heavy atom. The molecule has 1 saturated heterocycles. The quantitative estimate of drug-likeness (QED) is 0.737. The van der Waals surface area contributed by atoms with Gasteiger partial charge in [-0.3, -0.25) is 4.90 Å². The summed E-state index contributed by atoms with van der Waals surface area (Å²) in [5, 5.41) is 3.30. The third-order valence-corrected chi connectivity index (χ3v) is 3.53. The third kappa shape index (κ3) is 2.09. The standard InChI is InChI=1S/C10H16N2S/c1-8(2)9-5-12(6-9)7-10-11-3-4-13-10/h3-4,8-9H,5-7H2,1-2H3. The molecule has 0 aliphatic carbocycles. The largest absolute Gasteiger partial charge is 0.296 e. The Kier molecular flexibility index (Phi) is 2.65. The molecule has 1 fully saturated rings. The van der Waals surface area contributed by atoms with Gasteiger partial charge in [0.15, 0.2) is 0 Å². The lowest BCUT2D eigenvalue weighted by molar-refractivity contribution is 0.0614. The number of nitrogens with zero attached hydrogens (tertiary/aromatic N) is 2. The number of hydrogen-bond donors (Lipinski definition) is 0. The van der Waals surface area contributed by atoms with Crippen LogP contribution in [-0.4, -0.2) is 23.0 Å². The van der Waals surface area contributed by atoms with Crippen molar-refractivity contribution in [1.29, 1.82) is 0 Å². The summed E-state index contributed by atoms with van der Waals surface area (Å²) in [7, 11) is 0. The summed E-state index contributed by atoms with van der Waals surface area (Å²) in [6, 6.07) is 0. The lowest BCUT2D eigenvalue weighted by Crippen LogP contribution is -2.48. The second kappa shape index (κ2) is 3.76. The van der Waals surface area contributed by atoms with Crippen LogP contribution in [0.2, 0.25) is 0 Å². The molecule has 0 N–H and O–H groups in total. The second-order valence-corrected chi connectivity index (χ2v) is 5.10. The van der Waals surface area contributed by atoms with E-state index in [0.29, 0.717) is 0 Å². The lowest BCUT2D eigenvalue weighted by Gasteiger charge is -2.41. The molecule has 1 aliphatic rings. The van der Waals surface area contributed by atoms with Crippen LogP contribution in [0.4, 0.5) is 0 Å². The van der Waals surface area contributed by atoms with Crippen LogP contribution in [0.25, 0.3) is 0 Å². The molecule has 0 saturated carbocycles. The average Bonchev–Trinajstić information content (AvgIpc) is 2.46. The van der Waals surface area contributed by atoms with Gasteiger partial charge in [0.2, 0.25) is 0 Å². The van der Waals surface area contributed by atoms with Gasteiger partial charge in [-0.05, 0) is 11.8 Å². The molecule has 72 valence electrons. The van der Waals surface area contributed by atoms with Crippen molar-refractivity contribution in [2.45, 2.75) is 20.4 Å². The van der Waals surface area contributed by atoms with Crippen LogP contribution in [0, 0.1) is 11.8 Å². The summed E-state index contributed by atoms with van der Waals surface area (Å²) in [4.78, 5) is 6.76. The van der Waals surface area contributed by atoms with Gasteiger partial charge in [-0.1, -0.05) is 13.8 Å². The van der Waals surface area contributed by atoms with E-state index in [1.165, 1.54) is 18.1 Å². The molecule has 0 atom stereocenters. The van der Waals surface area contributed by atoms with Crippen molar-refractivity contribution in [2.75, 3.05) is 13.1 Å². The first-order valence-electron chi connectivity index (χ1n) is 4.86. The molecule has 0 spiro atoms. The van der Waals surface area contributed by atoms with E-state index in [-0.39, 0.29) is 0 Å². The molecule has 0 unspecified atom stereocenters. The zero-order valence-electron chi connectivity index (χ0n) is 8.23. The molecule has 3 heteroatoms. The topological polar surface area (TPSA) is 16.1 Å². The maximum atomic E-state index is 4.28. The molecule has 13 heavy (non-hydrogen) atoms. The van der Waals surface area contributed by atoms with E-state index >= 15 is 0 Å². The molecule has 1 aromatic heterocycles. The smallest absolute Gasteiger partial charge is 0.107 e. The molecular weight excluding hydrogens is 180 g/mol. The molecule has 1 aliphatic heterocycles. The minimum absolute atomic E-state index is 0.840. The fourth-order valence-electron chi connectivity index (χ4n) is 1.68. The summed E-state index contributed by atoms with van der Waals surface area (Å²) >= 11 is 1.76. The monoisotopic (exact) mass is 196 g/mol. The van der Waals surface area contributed by atoms with Crippen molar-refractivity contribution in [1.82, 2.24) is 9.88 Å². The molecule has 0 bridgehead atoms. The molecule has 0 aromatic carbocycles. The summed E-state index contributed by atoms with van der Waals surface area (Å²) in [5.41, 5.74) is 0. The first-order chi connectivity index (χ1) is 6.25. The highest BCUT2D eigenvalue weighted by atomic mass is 32.1. The second-order valence-electron chi connectivity index (χ2n) is 4.12. The number of thiazole rings is 1. The van der Waals surface area contributed by atoms with Crippen molar-refractivity contribution in [2.24, 2.45) is 11.8 Å². The molecule has 1 aromatic rings. The first-order valence-corrected chi connectivity index (χ1v) is 5.74. The Labute approximate surface area is 83.6 Å². The molecule has 2 nitrogen and oxygen atoms in total. The maximum absolute atomic E-state index is 4.28. The normalized spacial score (nSPS) is 19.3. The van der Waals surface area contributed by atoms with E-state index in [1.54, 1.807) is 11.3 Å². The van der Waals surface area contributed by atoms with E-state index in [1.807, 2.05) is 6.20 Å². The predicted molar refractivity (Wildman–Crippen MR) is 55.7 cm³/mol. The van der Waals surface area contributed by atoms with Gasteiger partial charge in [0.25, 0.3) is 0 Å². The van der Waals surface area contributed by atoms with Crippen molar-refractivity contribution < 1.29 is 0 Å². The van der Waals surface area contributed by atoms with Crippen LogP contribution in [0.3, 0.4) is 0 Å². The van der Waals surface area contributed by atoms with Gasteiger partial charge >= 0.3 is 0 Å². The SMILES string of the molecule is CC(C)C1CN(Cc2nccs2)C1. The van der Waals surface area contributed by atoms with Crippen molar-refractivity contribution in [3.8, 4) is 0 Å². The predicted octanol–water partition coefficient (Wildman–Crippen LogP) is 2.23. The van der Waals surface area contributed by atoms with Gasteiger partial charge < -0.3 is 0 Å². The Hall–Kier alpha value is -0.410. The summed E-state index contributed by atoms with van der Waals surface area (Å²) in [5.74, 6) is 1.76. The van der Waals surface area contributed by atoms with Crippen LogP contribution < -0.4 is 0 Å². The van der Waals surface area contributed by atoms with E-state index in [4.69, 9.17) is 0 Å². The lowest BCUT2D eigenvalue weighted by atomic mass is 9.88. The zero-order valence-corrected chi connectivity index (χ0v) is 9.05. The zero-order chi connectivity index (χ0) is 9.26. The number of aromatic nitrogens is 1. The van der Waals surface area contributed by atoms with E-state index < -0.39 is 0 Å². The minimum Gasteiger partial charge on any atom is -0.296 e. The van der Waals surface area contributed by atoms with Crippen LogP contribution in [0.1, 0.15) is 18.9 Å². The summed E-state index contributed by atoms with van der Waals surface area (Å²) in [6.07, 6.45) is 1.89. The Balaban J connectivity index is 1.76. The van der Waals surface area contributed by atoms with Gasteiger partial charge in [-0.15, -0.1) is 11.3 Å². The highest BCUT2D eigenvalue weighted by Crippen LogP contribution is 2.25. The first kappa shape index (κ1) is 9.16. The van der Waals surface area contributed by atoms with E-state index in [2.05, 4.69) is 29.1 Å². The summed E-state index contributed by atoms with van der Waals surface area (Å²) in [6.45, 7) is 8.20. The van der Waals surface area contributed by atoms with Crippen LogP contribution in [0.5, 0.6) is 0 Å². The molecule has 2 rings (SSSR count). The van der Waals surface area contributed by atoms with Crippen LogP contribution >= 0.6 is 11.3 Å². The van der Waals surface area contributed by atoms with Gasteiger partial charge in [0.05, 0.1) is 6.54 Å². The van der Waals surface area contributed by atoms with Gasteiger partial charge in [0, 0.05) is 24.7 Å². The van der Waals surface area contributed by atoms with E-state index in [9.17, 15) is 0 Å². The highest BCUT2D eigenvalue weighted by Gasteiger charge is 2.28. The van der Waals surface area contributed by atoms with Crippen molar-refractivity contribution in [3.05, 3.63) is 16.6 Å². The number of rotatable bonds is 3. The summed E-state index contributed by atoms with van der Waals surface area (Å²) < 4.78 is 0. The number of likely N-dealkylation sites (tertiary alicyclic amines) is 1. The number of hydrogen-bond acceptors (Lipinski definition) is 3. The molecule has 0 radical (unpaired) electrons. The van der Waals surface area contributed by atoms with E-state index in [0.717, 1.165) is 18.4 Å². The Bertz CT molecular complexity index is 250. The van der Waals surface area contributed by atoms with Crippen LogP contribution in [0.15, 0.2) is 11.6 Å². The van der Waals surface area contributed by atoms with Gasteiger partial charge in [-0.25, -0.2) is 4.98 Å². The minimum atomic E-state index is 0.840.